The van der Waals surface area contributed by atoms with Crippen LogP contribution in [0.2, 0.25) is 0 Å². The van der Waals surface area contributed by atoms with Crippen LogP contribution in [0.15, 0.2) is 24.8 Å². The van der Waals surface area contributed by atoms with Crippen LogP contribution in [0, 0.1) is 0 Å². The first kappa shape index (κ1) is 10.1. The first-order chi connectivity index (χ1) is 7.13. The molecule has 0 amide bonds. The Bertz CT molecular complexity index is 457. The average molecular weight is 203 g/mol. The summed E-state index contributed by atoms with van der Waals surface area (Å²) in [6, 6.07) is 0. The third kappa shape index (κ3) is 1.87. The highest BCUT2D eigenvalue weighted by Crippen LogP contribution is 2.26. The fourth-order valence-corrected chi connectivity index (χ4v) is 1.93. The second kappa shape index (κ2) is 3.65. The van der Waals surface area contributed by atoms with Gasteiger partial charge in [-0.2, -0.15) is 0 Å². The van der Waals surface area contributed by atoms with Gasteiger partial charge >= 0.3 is 0 Å². The van der Waals surface area contributed by atoms with E-state index in [4.69, 9.17) is 0 Å². The number of rotatable bonds is 3. The van der Waals surface area contributed by atoms with Gasteiger partial charge in [0.05, 0.1) is 11.9 Å². The molecule has 2 heterocycles. The van der Waals surface area contributed by atoms with Crippen molar-refractivity contribution in [2.45, 2.75) is 39.0 Å². The van der Waals surface area contributed by atoms with E-state index in [0.29, 0.717) is 0 Å². The molecule has 0 aliphatic heterocycles. The van der Waals surface area contributed by atoms with E-state index in [1.54, 1.807) is 6.20 Å². The van der Waals surface area contributed by atoms with Crippen LogP contribution in [0.5, 0.6) is 0 Å². The standard InChI is InChI=1S/C12H17N3/c1-4-5-12(2,3)10-9-15-7-6-13-11(15)8-14-10/h6-9H,4-5H2,1-3H3. The molecular weight excluding hydrogens is 186 g/mol. The maximum Gasteiger partial charge on any atom is 0.155 e. The number of hydrogen-bond donors (Lipinski definition) is 0. The second-order valence-electron chi connectivity index (χ2n) is 4.60. The summed E-state index contributed by atoms with van der Waals surface area (Å²) < 4.78 is 2.03. The van der Waals surface area contributed by atoms with Crippen LogP contribution in [0.4, 0.5) is 0 Å². The van der Waals surface area contributed by atoms with Crippen LogP contribution in [0.25, 0.3) is 5.65 Å². The SMILES string of the molecule is CCCC(C)(C)c1cn2ccnc2cn1. The summed E-state index contributed by atoms with van der Waals surface area (Å²) in [5.41, 5.74) is 2.19. The van der Waals surface area contributed by atoms with Crippen LogP contribution in [-0.4, -0.2) is 14.4 Å². The summed E-state index contributed by atoms with van der Waals surface area (Å²) in [5.74, 6) is 0. The Hall–Kier alpha value is -1.38. The van der Waals surface area contributed by atoms with Crippen molar-refractivity contribution < 1.29 is 0 Å². The van der Waals surface area contributed by atoms with Gasteiger partial charge in [0, 0.05) is 24.0 Å². The minimum Gasteiger partial charge on any atom is -0.304 e. The van der Waals surface area contributed by atoms with Gasteiger partial charge in [-0.15, -0.1) is 0 Å². The van der Waals surface area contributed by atoms with Crippen LogP contribution in [0.1, 0.15) is 39.3 Å². The molecule has 0 bridgehead atoms. The number of hydrogen-bond acceptors (Lipinski definition) is 2. The van der Waals surface area contributed by atoms with Gasteiger partial charge in [-0.25, -0.2) is 4.98 Å². The van der Waals surface area contributed by atoms with Crippen molar-refractivity contribution in [1.29, 1.82) is 0 Å². The van der Waals surface area contributed by atoms with Gasteiger partial charge in [0.2, 0.25) is 0 Å². The molecule has 0 radical (unpaired) electrons. The zero-order valence-corrected chi connectivity index (χ0v) is 9.57. The summed E-state index contributed by atoms with van der Waals surface area (Å²) in [7, 11) is 0. The molecule has 0 aliphatic carbocycles. The highest BCUT2D eigenvalue weighted by Gasteiger charge is 2.21. The van der Waals surface area contributed by atoms with E-state index >= 15 is 0 Å². The number of fused-ring (bicyclic) bond motifs is 1. The minimum absolute atomic E-state index is 0.146. The third-order valence-corrected chi connectivity index (χ3v) is 2.85. The largest absolute Gasteiger partial charge is 0.304 e. The summed E-state index contributed by atoms with van der Waals surface area (Å²) >= 11 is 0. The Morgan fingerprint density at radius 3 is 2.87 bits per heavy atom. The highest BCUT2D eigenvalue weighted by molar-refractivity contribution is 5.35. The van der Waals surface area contributed by atoms with E-state index in [0.717, 1.165) is 17.8 Å². The predicted octanol–water partition coefficient (Wildman–Crippen LogP) is 2.81. The molecule has 3 heteroatoms. The molecule has 80 valence electrons. The van der Waals surface area contributed by atoms with Crippen molar-refractivity contribution in [2.75, 3.05) is 0 Å². The Balaban J connectivity index is 2.42. The summed E-state index contributed by atoms with van der Waals surface area (Å²) in [6.07, 6.45) is 10.0. The van der Waals surface area contributed by atoms with Crippen LogP contribution in [0.3, 0.4) is 0 Å². The lowest BCUT2D eigenvalue weighted by molar-refractivity contribution is 0.457. The van der Waals surface area contributed by atoms with Crippen molar-refractivity contribution in [2.24, 2.45) is 0 Å². The number of aromatic nitrogens is 3. The molecule has 3 nitrogen and oxygen atoms in total. The molecule has 0 saturated heterocycles. The molecule has 0 aromatic carbocycles. The molecule has 0 fully saturated rings. The fraction of sp³-hybridized carbons (Fsp3) is 0.500. The van der Waals surface area contributed by atoms with Gasteiger partial charge in [-0.1, -0.05) is 27.2 Å². The van der Waals surface area contributed by atoms with E-state index in [1.807, 2.05) is 16.8 Å². The molecular formula is C12H17N3. The Kier molecular flexibility index (Phi) is 2.47. The van der Waals surface area contributed by atoms with Crippen molar-refractivity contribution in [3.8, 4) is 0 Å². The van der Waals surface area contributed by atoms with Crippen molar-refractivity contribution >= 4 is 5.65 Å². The van der Waals surface area contributed by atoms with Crippen LogP contribution < -0.4 is 0 Å². The number of imidazole rings is 1. The van der Waals surface area contributed by atoms with E-state index in [1.165, 1.54) is 6.42 Å². The zero-order valence-electron chi connectivity index (χ0n) is 9.57. The van der Waals surface area contributed by atoms with Gasteiger partial charge in [-0.3, -0.25) is 4.98 Å². The first-order valence-corrected chi connectivity index (χ1v) is 5.42. The zero-order chi connectivity index (χ0) is 10.9. The van der Waals surface area contributed by atoms with E-state index in [9.17, 15) is 0 Å². The van der Waals surface area contributed by atoms with Crippen molar-refractivity contribution in [3.05, 3.63) is 30.5 Å². The van der Waals surface area contributed by atoms with Crippen molar-refractivity contribution in [3.63, 3.8) is 0 Å². The molecule has 0 N–H and O–H groups in total. The van der Waals surface area contributed by atoms with Crippen molar-refractivity contribution in [1.82, 2.24) is 14.4 Å². The van der Waals surface area contributed by atoms with E-state index in [-0.39, 0.29) is 5.41 Å². The highest BCUT2D eigenvalue weighted by atomic mass is 15.0. The average Bonchev–Trinajstić information content (AvgIpc) is 2.63. The van der Waals surface area contributed by atoms with Gasteiger partial charge < -0.3 is 4.40 Å². The molecule has 0 spiro atoms. The third-order valence-electron chi connectivity index (χ3n) is 2.85. The fourth-order valence-electron chi connectivity index (χ4n) is 1.93. The maximum atomic E-state index is 4.49. The minimum atomic E-state index is 0.146. The molecule has 2 rings (SSSR count). The second-order valence-corrected chi connectivity index (χ2v) is 4.60. The van der Waals surface area contributed by atoms with Crippen LogP contribution in [-0.2, 0) is 5.41 Å². The number of nitrogens with zero attached hydrogens (tertiary/aromatic N) is 3. The molecule has 15 heavy (non-hydrogen) atoms. The molecule has 0 unspecified atom stereocenters. The topological polar surface area (TPSA) is 30.2 Å². The maximum absolute atomic E-state index is 4.49. The molecule has 0 atom stereocenters. The van der Waals surface area contributed by atoms with E-state index < -0.39 is 0 Å². The quantitative estimate of drug-likeness (QED) is 0.767. The summed E-state index contributed by atoms with van der Waals surface area (Å²) in [4.78, 5) is 8.67. The summed E-state index contributed by atoms with van der Waals surface area (Å²) in [5, 5.41) is 0. The van der Waals surface area contributed by atoms with E-state index in [2.05, 4.69) is 36.9 Å². The first-order valence-electron chi connectivity index (χ1n) is 5.42. The Morgan fingerprint density at radius 1 is 1.33 bits per heavy atom. The molecule has 2 aromatic heterocycles. The lowest BCUT2D eigenvalue weighted by atomic mass is 9.85. The Morgan fingerprint density at radius 2 is 2.13 bits per heavy atom. The molecule has 0 aliphatic rings. The predicted molar refractivity (Wildman–Crippen MR) is 60.9 cm³/mol. The normalized spacial score (nSPS) is 12.2. The molecule has 0 saturated carbocycles. The smallest absolute Gasteiger partial charge is 0.155 e. The Labute approximate surface area is 90.2 Å². The van der Waals surface area contributed by atoms with Gasteiger partial charge in [0.25, 0.3) is 0 Å². The monoisotopic (exact) mass is 203 g/mol. The van der Waals surface area contributed by atoms with Gasteiger partial charge in [0.15, 0.2) is 5.65 Å². The van der Waals surface area contributed by atoms with Gasteiger partial charge in [-0.05, 0) is 6.42 Å². The van der Waals surface area contributed by atoms with Crippen LogP contribution >= 0.6 is 0 Å². The van der Waals surface area contributed by atoms with Gasteiger partial charge in [0.1, 0.15) is 0 Å². The summed E-state index contributed by atoms with van der Waals surface area (Å²) in [6.45, 7) is 6.68. The lowest BCUT2D eigenvalue weighted by Gasteiger charge is -2.23. The lowest BCUT2D eigenvalue weighted by Crippen LogP contribution is -2.19. The molecule has 2 aromatic rings.